The third-order valence-electron chi connectivity index (χ3n) is 5.41. The Balaban J connectivity index is 1.78. The summed E-state index contributed by atoms with van der Waals surface area (Å²) in [6.07, 6.45) is 4.09. The van der Waals surface area contributed by atoms with Crippen LogP contribution >= 0.6 is 15.9 Å². The number of nitriles is 1. The van der Waals surface area contributed by atoms with Gasteiger partial charge >= 0.3 is 0 Å². The van der Waals surface area contributed by atoms with Crippen molar-refractivity contribution in [3.63, 3.8) is 0 Å². The summed E-state index contributed by atoms with van der Waals surface area (Å²) in [6.45, 7) is 7.59. The van der Waals surface area contributed by atoms with Crippen molar-refractivity contribution < 1.29 is 9.53 Å². The Bertz CT molecular complexity index is 965. The van der Waals surface area contributed by atoms with Crippen molar-refractivity contribution in [3.8, 4) is 6.07 Å². The number of carbonyl (C=O) groups is 1. The van der Waals surface area contributed by atoms with E-state index in [0.717, 1.165) is 53.0 Å². The molecule has 2 heterocycles. The van der Waals surface area contributed by atoms with Crippen molar-refractivity contribution in [2.24, 2.45) is 0 Å². The number of benzene rings is 1. The zero-order valence-electron chi connectivity index (χ0n) is 17.0. The zero-order chi connectivity index (χ0) is 21.0. The number of aryl methyl sites for hydroxylation is 1. The van der Waals surface area contributed by atoms with Gasteiger partial charge < -0.3 is 14.6 Å². The van der Waals surface area contributed by atoms with Gasteiger partial charge in [0.25, 0.3) is 5.91 Å². The summed E-state index contributed by atoms with van der Waals surface area (Å²) in [5.41, 5.74) is 4.09. The van der Waals surface area contributed by atoms with Gasteiger partial charge in [0, 0.05) is 29.0 Å². The Morgan fingerprint density at radius 1 is 1.45 bits per heavy atom. The lowest BCUT2D eigenvalue weighted by atomic mass is 10.1. The van der Waals surface area contributed by atoms with Crippen molar-refractivity contribution in [1.82, 2.24) is 9.88 Å². The molecule has 5 nitrogen and oxygen atoms in total. The topological polar surface area (TPSA) is 67.0 Å². The maximum absolute atomic E-state index is 12.7. The van der Waals surface area contributed by atoms with Crippen molar-refractivity contribution in [2.75, 3.05) is 6.61 Å². The van der Waals surface area contributed by atoms with Gasteiger partial charge in [-0.3, -0.25) is 4.79 Å². The van der Waals surface area contributed by atoms with Crippen LogP contribution in [0.2, 0.25) is 0 Å². The first-order chi connectivity index (χ1) is 13.9. The maximum Gasteiger partial charge on any atom is 0.262 e. The molecular weight excluding hydrogens is 430 g/mol. The van der Waals surface area contributed by atoms with Crippen LogP contribution in [0.3, 0.4) is 0 Å². The molecule has 1 fully saturated rings. The van der Waals surface area contributed by atoms with Crippen LogP contribution in [0.25, 0.3) is 6.08 Å². The Labute approximate surface area is 180 Å². The molecule has 1 N–H and O–H groups in total. The number of nitrogens with one attached hydrogen (secondary N) is 1. The van der Waals surface area contributed by atoms with Crippen molar-refractivity contribution in [1.29, 1.82) is 5.26 Å². The van der Waals surface area contributed by atoms with Crippen LogP contribution in [0, 0.1) is 25.2 Å². The number of hydrogen-bond donors (Lipinski definition) is 1. The highest BCUT2D eigenvalue weighted by Gasteiger charge is 2.20. The lowest BCUT2D eigenvalue weighted by Crippen LogP contribution is -2.27. The first-order valence-electron chi connectivity index (χ1n) is 9.86. The average Bonchev–Trinajstić information content (AvgIpc) is 3.30. The Hall–Kier alpha value is -2.36. The largest absolute Gasteiger partial charge is 0.376 e. The first-order valence-corrected chi connectivity index (χ1v) is 10.7. The summed E-state index contributed by atoms with van der Waals surface area (Å²) in [5.74, 6) is -0.375. The molecule has 0 radical (unpaired) electrons. The van der Waals surface area contributed by atoms with Gasteiger partial charge in [-0.2, -0.15) is 5.26 Å². The van der Waals surface area contributed by atoms with E-state index in [2.05, 4.69) is 31.9 Å². The number of carbonyl (C=O) groups excluding carboxylic acids is 1. The van der Waals surface area contributed by atoms with E-state index in [1.807, 2.05) is 51.1 Å². The molecular formula is C23H26BrN3O2. The molecule has 2 atom stereocenters. The fraction of sp³-hybridized carbons (Fsp3) is 0.391. The third-order valence-corrected chi connectivity index (χ3v) is 6.13. The highest BCUT2D eigenvalue weighted by atomic mass is 79.9. The van der Waals surface area contributed by atoms with Crippen LogP contribution in [0.15, 0.2) is 40.4 Å². The van der Waals surface area contributed by atoms with Crippen molar-refractivity contribution >= 4 is 27.9 Å². The summed E-state index contributed by atoms with van der Waals surface area (Å²) in [4.78, 5) is 12.7. The van der Waals surface area contributed by atoms with E-state index in [1.165, 1.54) is 0 Å². The second kappa shape index (κ2) is 9.43. The van der Waals surface area contributed by atoms with Gasteiger partial charge in [0.1, 0.15) is 11.6 Å². The summed E-state index contributed by atoms with van der Waals surface area (Å²) >= 11 is 3.51. The van der Waals surface area contributed by atoms with Gasteiger partial charge in [-0.05, 0) is 62.9 Å². The van der Waals surface area contributed by atoms with Crippen molar-refractivity contribution in [2.45, 2.75) is 52.3 Å². The number of nitrogens with zero attached hydrogens (tertiary/aromatic N) is 2. The number of ether oxygens (including phenoxy) is 1. The predicted octanol–water partition coefficient (Wildman–Crippen LogP) is 4.83. The molecule has 0 spiro atoms. The van der Waals surface area contributed by atoms with Gasteiger partial charge in [0.05, 0.1) is 12.1 Å². The SMILES string of the molecule is Cc1cc(/C=C(\C#N)C(=O)NC(C)c2ccccc2Br)c(C)n1CC1CCCO1. The van der Waals surface area contributed by atoms with E-state index in [9.17, 15) is 10.1 Å². The van der Waals surface area contributed by atoms with E-state index in [0.29, 0.717) is 0 Å². The zero-order valence-corrected chi connectivity index (χ0v) is 18.6. The van der Waals surface area contributed by atoms with Crippen LogP contribution < -0.4 is 5.32 Å². The van der Waals surface area contributed by atoms with Crippen LogP contribution in [-0.4, -0.2) is 23.2 Å². The van der Waals surface area contributed by atoms with E-state index < -0.39 is 0 Å². The number of amides is 1. The van der Waals surface area contributed by atoms with Gasteiger partial charge in [-0.25, -0.2) is 0 Å². The molecule has 0 aliphatic carbocycles. The van der Waals surface area contributed by atoms with Gasteiger partial charge in [-0.15, -0.1) is 0 Å². The molecule has 29 heavy (non-hydrogen) atoms. The minimum absolute atomic E-state index is 0.0984. The molecule has 2 aromatic rings. The number of aromatic nitrogens is 1. The lowest BCUT2D eigenvalue weighted by molar-refractivity contribution is -0.117. The van der Waals surface area contributed by atoms with E-state index in [4.69, 9.17) is 4.74 Å². The molecule has 1 aliphatic heterocycles. The number of hydrogen-bond acceptors (Lipinski definition) is 3. The molecule has 0 saturated carbocycles. The third kappa shape index (κ3) is 4.98. The fourth-order valence-electron chi connectivity index (χ4n) is 3.73. The normalized spacial score (nSPS) is 17.8. The molecule has 1 amide bonds. The summed E-state index contributed by atoms with van der Waals surface area (Å²) in [7, 11) is 0. The highest BCUT2D eigenvalue weighted by Crippen LogP contribution is 2.24. The molecule has 1 saturated heterocycles. The van der Waals surface area contributed by atoms with E-state index >= 15 is 0 Å². The van der Waals surface area contributed by atoms with Gasteiger partial charge in [0.2, 0.25) is 0 Å². The smallest absolute Gasteiger partial charge is 0.262 e. The quantitative estimate of drug-likeness (QED) is 0.500. The predicted molar refractivity (Wildman–Crippen MR) is 117 cm³/mol. The van der Waals surface area contributed by atoms with E-state index in [-0.39, 0.29) is 23.6 Å². The minimum Gasteiger partial charge on any atom is -0.376 e. The first kappa shape index (κ1) is 21.4. The maximum atomic E-state index is 12.7. The Morgan fingerprint density at radius 2 is 2.21 bits per heavy atom. The van der Waals surface area contributed by atoms with Crippen LogP contribution in [0.1, 0.15) is 48.3 Å². The van der Waals surface area contributed by atoms with Gasteiger partial charge in [-0.1, -0.05) is 34.1 Å². The molecule has 2 unspecified atom stereocenters. The fourth-order valence-corrected chi connectivity index (χ4v) is 4.36. The standard InChI is InChI=1S/C23H26BrN3O2/c1-15-11-18(17(3)27(15)14-20-7-6-10-29-20)12-19(13-25)23(28)26-16(2)21-8-4-5-9-22(21)24/h4-5,8-9,11-12,16,20H,6-7,10,14H2,1-3H3,(H,26,28)/b19-12+. The van der Waals surface area contributed by atoms with Crippen LogP contribution in [0.5, 0.6) is 0 Å². The Kier molecular flexibility index (Phi) is 6.94. The monoisotopic (exact) mass is 455 g/mol. The Morgan fingerprint density at radius 3 is 2.86 bits per heavy atom. The summed E-state index contributed by atoms with van der Waals surface area (Å²) in [5, 5.41) is 12.5. The molecule has 0 bridgehead atoms. The van der Waals surface area contributed by atoms with Crippen molar-refractivity contribution in [3.05, 3.63) is 62.9 Å². The summed E-state index contributed by atoms with van der Waals surface area (Å²) < 4.78 is 8.89. The lowest BCUT2D eigenvalue weighted by Gasteiger charge is -2.15. The molecule has 1 aromatic carbocycles. The highest BCUT2D eigenvalue weighted by molar-refractivity contribution is 9.10. The van der Waals surface area contributed by atoms with Crippen LogP contribution in [-0.2, 0) is 16.1 Å². The molecule has 152 valence electrons. The molecule has 3 rings (SSSR count). The molecule has 1 aromatic heterocycles. The average molecular weight is 456 g/mol. The van der Waals surface area contributed by atoms with Crippen LogP contribution in [0.4, 0.5) is 0 Å². The summed E-state index contributed by atoms with van der Waals surface area (Å²) in [6, 6.07) is 11.6. The van der Waals surface area contributed by atoms with Gasteiger partial charge in [0.15, 0.2) is 0 Å². The number of halogens is 1. The molecule has 1 aliphatic rings. The molecule has 6 heteroatoms. The second-order valence-electron chi connectivity index (χ2n) is 7.46. The number of rotatable bonds is 6. The van der Waals surface area contributed by atoms with E-state index in [1.54, 1.807) is 6.08 Å². The second-order valence-corrected chi connectivity index (χ2v) is 8.31. The minimum atomic E-state index is -0.375.